The molecule has 4 rings (SSSR count). The van der Waals surface area contributed by atoms with Crippen LogP contribution < -0.4 is 4.74 Å². The Hall–Kier alpha value is -3.39. The van der Waals surface area contributed by atoms with E-state index >= 15 is 0 Å². The molecule has 1 aromatic heterocycles. The molecule has 6 nitrogen and oxygen atoms in total. The minimum absolute atomic E-state index is 0.0964. The molecule has 1 atom stereocenters. The lowest BCUT2D eigenvalue weighted by Gasteiger charge is -2.33. The number of hydrogen-bond donors (Lipinski definition) is 0. The fraction of sp³-hybridized carbons (Fsp3) is 0.261. The number of aromatic nitrogens is 2. The minimum Gasteiger partial charge on any atom is -0.493 e. The van der Waals surface area contributed by atoms with E-state index in [1.807, 2.05) is 0 Å². The van der Waals surface area contributed by atoms with Gasteiger partial charge in [-0.25, -0.2) is 8.78 Å². The molecule has 0 unspecified atom stereocenters. The second kappa shape index (κ2) is 9.61. The lowest BCUT2D eigenvalue weighted by atomic mass is 10.0. The number of benzene rings is 2. The molecular formula is C23H21F2N3O3. The molecule has 1 amide bonds. The molecular weight excluding hydrogens is 404 g/mol. The Morgan fingerprint density at radius 1 is 1.10 bits per heavy atom. The molecule has 3 aromatic rings. The maximum atomic E-state index is 13.7. The summed E-state index contributed by atoms with van der Waals surface area (Å²) in [5, 5.41) is 0. The topological polar surface area (TPSA) is 64.5 Å². The van der Waals surface area contributed by atoms with Gasteiger partial charge in [0, 0.05) is 30.6 Å². The standard InChI is InChI=1S/C23H21F2N3O3/c24-17-4-1-3-16(13-17)22-23(27-9-8-26-22)20-15-28(10-12-31-20)21(29)7-11-30-19-6-2-5-18(25)14-19/h1-6,8-9,13-14,20H,7,10-12,15H2/t20-/m1/s1. The zero-order valence-electron chi connectivity index (χ0n) is 16.7. The number of nitrogens with zero attached hydrogens (tertiary/aromatic N) is 3. The van der Waals surface area contributed by atoms with Crippen molar-refractivity contribution in [2.24, 2.45) is 0 Å². The second-order valence-corrected chi connectivity index (χ2v) is 7.06. The first-order chi connectivity index (χ1) is 15.1. The van der Waals surface area contributed by atoms with Crippen molar-refractivity contribution in [3.05, 3.63) is 78.3 Å². The van der Waals surface area contributed by atoms with E-state index in [1.165, 1.54) is 24.3 Å². The van der Waals surface area contributed by atoms with Crippen LogP contribution in [0.15, 0.2) is 60.9 Å². The smallest absolute Gasteiger partial charge is 0.226 e. The number of ether oxygens (including phenoxy) is 2. The molecule has 1 aliphatic heterocycles. The molecule has 0 saturated carbocycles. The van der Waals surface area contributed by atoms with Gasteiger partial charge in [-0.2, -0.15) is 0 Å². The number of rotatable bonds is 6. The highest BCUT2D eigenvalue weighted by atomic mass is 19.1. The van der Waals surface area contributed by atoms with Gasteiger partial charge in [-0.05, 0) is 24.3 Å². The van der Waals surface area contributed by atoms with Crippen molar-refractivity contribution in [3.8, 4) is 17.0 Å². The van der Waals surface area contributed by atoms with E-state index in [0.29, 0.717) is 42.4 Å². The van der Waals surface area contributed by atoms with E-state index in [9.17, 15) is 13.6 Å². The predicted octanol–water partition coefficient (Wildman–Crippen LogP) is 3.79. The van der Waals surface area contributed by atoms with Crippen LogP contribution in [0.3, 0.4) is 0 Å². The monoisotopic (exact) mass is 425 g/mol. The molecule has 0 bridgehead atoms. The third-order valence-corrected chi connectivity index (χ3v) is 4.93. The number of hydrogen-bond acceptors (Lipinski definition) is 5. The number of carbonyl (C=O) groups is 1. The average molecular weight is 425 g/mol. The molecule has 1 aliphatic rings. The van der Waals surface area contributed by atoms with Crippen molar-refractivity contribution in [1.29, 1.82) is 0 Å². The number of morpholine rings is 1. The molecule has 2 aromatic carbocycles. The third kappa shape index (κ3) is 5.21. The summed E-state index contributed by atoms with van der Waals surface area (Å²) in [6, 6.07) is 11.9. The second-order valence-electron chi connectivity index (χ2n) is 7.06. The molecule has 0 radical (unpaired) electrons. The van der Waals surface area contributed by atoms with Gasteiger partial charge in [0.2, 0.25) is 5.91 Å². The maximum Gasteiger partial charge on any atom is 0.226 e. The summed E-state index contributed by atoms with van der Waals surface area (Å²) >= 11 is 0. The quantitative estimate of drug-likeness (QED) is 0.601. The van der Waals surface area contributed by atoms with Gasteiger partial charge in [0.1, 0.15) is 23.5 Å². The maximum absolute atomic E-state index is 13.7. The minimum atomic E-state index is -0.478. The predicted molar refractivity (Wildman–Crippen MR) is 109 cm³/mol. The summed E-state index contributed by atoms with van der Waals surface area (Å²) in [5.74, 6) is -0.473. The zero-order valence-corrected chi connectivity index (χ0v) is 16.7. The summed E-state index contributed by atoms with van der Waals surface area (Å²) in [6.07, 6.45) is 2.77. The SMILES string of the molecule is O=C(CCOc1cccc(F)c1)N1CCO[C@@H](c2nccnc2-c2cccc(F)c2)C1. The molecule has 8 heteroatoms. The Balaban J connectivity index is 1.41. The van der Waals surface area contributed by atoms with Crippen LogP contribution in [0.2, 0.25) is 0 Å². The van der Waals surface area contributed by atoms with E-state index in [1.54, 1.807) is 41.6 Å². The summed E-state index contributed by atoms with van der Waals surface area (Å²) in [6.45, 7) is 1.25. The van der Waals surface area contributed by atoms with Gasteiger partial charge in [-0.15, -0.1) is 0 Å². The Labute approximate surface area is 178 Å². The van der Waals surface area contributed by atoms with Crippen molar-refractivity contribution in [2.75, 3.05) is 26.3 Å². The van der Waals surface area contributed by atoms with Gasteiger partial charge < -0.3 is 14.4 Å². The average Bonchev–Trinajstić information content (AvgIpc) is 2.79. The van der Waals surface area contributed by atoms with Crippen LogP contribution in [0.1, 0.15) is 18.2 Å². The van der Waals surface area contributed by atoms with Crippen LogP contribution in [0.25, 0.3) is 11.3 Å². The van der Waals surface area contributed by atoms with Gasteiger partial charge in [0.15, 0.2) is 0 Å². The highest BCUT2D eigenvalue weighted by molar-refractivity contribution is 5.76. The highest BCUT2D eigenvalue weighted by Gasteiger charge is 2.28. The van der Waals surface area contributed by atoms with Crippen LogP contribution in [-0.2, 0) is 9.53 Å². The Morgan fingerprint density at radius 2 is 1.87 bits per heavy atom. The van der Waals surface area contributed by atoms with Crippen molar-refractivity contribution in [1.82, 2.24) is 14.9 Å². The molecule has 0 spiro atoms. The zero-order chi connectivity index (χ0) is 21.6. The summed E-state index contributed by atoms with van der Waals surface area (Å²) in [7, 11) is 0. The number of amides is 1. The first-order valence-corrected chi connectivity index (χ1v) is 9.95. The van der Waals surface area contributed by atoms with Crippen molar-refractivity contribution in [3.63, 3.8) is 0 Å². The van der Waals surface area contributed by atoms with E-state index in [-0.39, 0.29) is 24.8 Å². The molecule has 2 heterocycles. The van der Waals surface area contributed by atoms with Crippen LogP contribution in [0.4, 0.5) is 8.78 Å². The molecule has 0 N–H and O–H groups in total. The summed E-state index contributed by atoms with van der Waals surface area (Å²) in [4.78, 5) is 23.1. The van der Waals surface area contributed by atoms with Crippen LogP contribution in [-0.4, -0.2) is 47.1 Å². The van der Waals surface area contributed by atoms with Gasteiger partial charge >= 0.3 is 0 Å². The van der Waals surface area contributed by atoms with E-state index < -0.39 is 11.9 Å². The molecule has 1 saturated heterocycles. The normalized spacial score (nSPS) is 16.2. The lowest BCUT2D eigenvalue weighted by molar-refractivity contribution is -0.139. The third-order valence-electron chi connectivity index (χ3n) is 4.93. The highest BCUT2D eigenvalue weighted by Crippen LogP contribution is 2.29. The van der Waals surface area contributed by atoms with Gasteiger partial charge in [0.25, 0.3) is 0 Å². The largest absolute Gasteiger partial charge is 0.493 e. The van der Waals surface area contributed by atoms with E-state index in [2.05, 4.69) is 9.97 Å². The van der Waals surface area contributed by atoms with Crippen molar-refractivity contribution < 1.29 is 23.0 Å². The molecule has 160 valence electrons. The molecule has 0 aliphatic carbocycles. The number of carbonyl (C=O) groups excluding carboxylic acids is 1. The molecule has 1 fully saturated rings. The van der Waals surface area contributed by atoms with Gasteiger partial charge in [0.05, 0.1) is 37.6 Å². The summed E-state index contributed by atoms with van der Waals surface area (Å²) in [5.41, 5.74) is 1.68. The summed E-state index contributed by atoms with van der Waals surface area (Å²) < 4.78 is 38.2. The fourth-order valence-corrected chi connectivity index (χ4v) is 3.45. The lowest BCUT2D eigenvalue weighted by Crippen LogP contribution is -2.43. The first kappa shape index (κ1) is 20.9. The van der Waals surface area contributed by atoms with Crippen LogP contribution >= 0.6 is 0 Å². The Bertz CT molecular complexity index is 1060. The first-order valence-electron chi connectivity index (χ1n) is 9.95. The van der Waals surface area contributed by atoms with Crippen molar-refractivity contribution >= 4 is 5.91 Å². The number of halogens is 2. The van der Waals surface area contributed by atoms with Gasteiger partial charge in [-0.3, -0.25) is 14.8 Å². The van der Waals surface area contributed by atoms with Crippen molar-refractivity contribution in [2.45, 2.75) is 12.5 Å². The van der Waals surface area contributed by atoms with E-state index in [4.69, 9.17) is 9.47 Å². The van der Waals surface area contributed by atoms with Crippen LogP contribution in [0.5, 0.6) is 5.75 Å². The Kier molecular flexibility index (Phi) is 6.47. The molecule has 31 heavy (non-hydrogen) atoms. The van der Waals surface area contributed by atoms with E-state index in [0.717, 1.165) is 0 Å². The van der Waals surface area contributed by atoms with Crippen LogP contribution in [0, 0.1) is 11.6 Å². The Morgan fingerprint density at radius 3 is 2.68 bits per heavy atom. The fourth-order valence-electron chi connectivity index (χ4n) is 3.45. The van der Waals surface area contributed by atoms with Gasteiger partial charge in [-0.1, -0.05) is 18.2 Å².